The van der Waals surface area contributed by atoms with Crippen LogP contribution in [-0.2, 0) is 11.3 Å². The molecule has 24 heavy (non-hydrogen) atoms. The number of carbonyl (C=O) groups excluding carboxylic acids is 1. The lowest BCUT2D eigenvalue weighted by Gasteiger charge is -2.22. The van der Waals surface area contributed by atoms with Crippen LogP contribution in [0, 0.1) is 18.8 Å². The number of para-hydroxylation sites is 1. The number of aryl methyl sites for hydroxylation is 1. The molecule has 1 saturated carbocycles. The van der Waals surface area contributed by atoms with Gasteiger partial charge in [0.05, 0.1) is 6.20 Å². The lowest BCUT2D eigenvalue weighted by molar-refractivity contribution is -0.131. The van der Waals surface area contributed by atoms with Crippen LogP contribution < -0.4 is 4.74 Å². The Morgan fingerprint density at radius 2 is 2.08 bits per heavy atom. The van der Waals surface area contributed by atoms with E-state index in [1.807, 2.05) is 48.4 Å². The molecule has 0 unspecified atom stereocenters. The van der Waals surface area contributed by atoms with Crippen molar-refractivity contribution in [3.63, 3.8) is 0 Å². The molecule has 0 spiro atoms. The predicted molar refractivity (Wildman–Crippen MR) is 90.6 cm³/mol. The molecule has 5 nitrogen and oxygen atoms in total. The lowest BCUT2D eigenvalue weighted by atomic mass is 9.99. The summed E-state index contributed by atoms with van der Waals surface area (Å²) in [5.41, 5.74) is 1.08. The first-order chi connectivity index (χ1) is 11.7. The predicted octanol–water partition coefficient (Wildman–Crippen LogP) is 2.51. The van der Waals surface area contributed by atoms with Gasteiger partial charge in [-0.15, -0.1) is 0 Å². The fraction of sp³-hybridized carbons (Fsp3) is 0.474. The van der Waals surface area contributed by atoms with Gasteiger partial charge in [-0.25, -0.2) is 0 Å². The number of carbonyl (C=O) groups is 1. The Morgan fingerprint density at radius 1 is 1.25 bits per heavy atom. The number of likely N-dealkylation sites (tertiary alicyclic amines) is 1. The molecule has 126 valence electrons. The molecule has 1 aliphatic carbocycles. The SMILES string of the molecule is Cc1cnn(CC(=O)N2C[C@@H]3CC[C@H](Oc4ccccc4)[C@@H]3C2)c1. The van der Waals surface area contributed by atoms with E-state index in [-0.39, 0.29) is 12.0 Å². The van der Waals surface area contributed by atoms with Gasteiger partial charge in [-0.2, -0.15) is 5.10 Å². The van der Waals surface area contributed by atoms with E-state index in [4.69, 9.17) is 4.74 Å². The molecule has 2 fully saturated rings. The quantitative estimate of drug-likeness (QED) is 0.868. The van der Waals surface area contributed by atoms with Crippen LogP contribution >= 0.6 is 0 Å². The van der Waals surface area contributed by atoms with Crippen molar-refractivity contribution in [1.29, 1.82) is 0 Å². The summed E-state index contributed by atoms with van der Waals surface area (Å²) in [5, 5.41) is 4.21. The first-order valence-corrected chi connectivity index (χ1v) is 8.67. The van der Waals surface area contributed by atoms with Crippen molar-refractivity contribution in [3.8, 4) is 5.75 Å². The molecule has 2 aliphatic rings. The molecule has 0 radical (unpaired) electrons. The van der Waals surface area contributed by atoms with Crippen LogP contribution in [-0.4, -0.2) is 39.8 Å². The van der Waals surface area contributed by atoms with Gasteiger partial charge in [0.2, 0.25) is 5.91 Å². The highest BCUT2D eigenvalue weighted by molar-refractivity contribution is 5.76. The monoisotopic (exact) mass is 325 g/mol. The van der Waals surface area contributed by atoms with E-state index in [9.17, 15) is 4.79 Å². The third-order valence-corrected chi connectivity index (χ3v) is 5.23. The first-order valence-electron chi connectivity index (χ1n) is 8.67. The van der Waals surface area contributed by atoms with Crippen LogP contribution in [0.5, 0.6) is 5.75 Å². The Bertz CT molecular complexity index is 712. The van der Waals surface area contributed by atoms with E-state index in [2.05, 4.69) is 5.10 Å². The van der Waals surface area contributed by atoms with Gasteiger partial charge in [-0.3, -0.25) is 9.48 Å². The molecule has 1 aromatic heterocycles. The highest BCUT2D eigenvalue weighted by Gasteiger charge is 2.45. The maximum absolute atomic E-state index is 12.5. The van der Waals surface area contributed by atoms with E-state index in [0.717, 1.165) is 37.2 Å². The largest absolute Gasteiger partial charge is 0.490 e. The van der Waals surface area contributed by atoms with Gasteiger partial charge >= 0.3 is 0 Å². The van der Waals surface area contributed by atoms with Crippen molar-refractivity contribution in [2.24, 2.45) is 11.8 Å². The van der Waals surface area contributed by atoms with E-state index in [1.54, 1.807) is 10.9 Å². The second-order valence-electron chi connectivity index (χ2n) is 6.98. The minimum absolute atomic E-state index is 0.158. The van der Waals surface area contributed by atoms with Gasteiger partial charge in [0.25, 0.3) is 0 Å². The van der Waals surface area contributed by atoms with Crippen molar-refractivity contribution in [2.45, 2.75) is 32.4 Å². The third kappa shape index (κ3) is 3.03. The van der Waals surface area contributed by atoms with E-state index in [1.165, 1.54) is 0 Å². The molecule has 4 rings (SSSR count). The summed E-state index contributed by atoms with van der Waals surface area (Å²) in [4.78, 5) is 14.5. The zero-order chi connectivity index (χ0) is 16.5. The van der Waals surface area contributed by atoms with E-state index < -0.39 is 0 Å². The van der Waals surface area contributed by atoms with Crippen LogP contribution in [0.2, 0.25) is 0 Å². The number of amides is 1. The molecule has 1 saturated heterocycles. The number of fused-ring (bicyclic) bond motifs is 1. The summed E-state index contributed by atoms with van der Waals surface area (Å²) >= 11 is 0. The molecule has 3 atom stereocenters. The topological polar surface area (TPSA) is 47.4 Å². The zero-order valence-corrected chi connectivity index (χ0v) is 14.0. The number of hydrogen-bond donors (Lipinski definition) is 0. The standard InChI is InChI=1S/C19H23N3O2/c1-14-9-20-22(10-14)13-19(23)21-11-15-7-8-18(17(15)12-21)24-16-5-3-2-4-6-16/h2-6,9-10,15,17-18H,7-8,11-13H2,1H3/t15-,17+,18-/m0/s1. The van der Waals surface area contributed by atoms with E-state index in [0.29, 0.717) is 18.4 Å². The third-order valence-electron chi connectivity index (χ3n) is 5.23. The minimum atomic E-state index is 0.158. The van der Waals surface area contributed by atoms with E-state index >= 15 is 0 Å². The summed E-state index contributed by atoms with van der Waals surface area (Å²) in [6.45, 7) is 3.98. The fourth-order valence-electron chi connectivity index (χ4n) is 4.03. The zero-order valence-electron chi connectivity index (χ0n) is 14.0. The van der Waals surface area contributed by atoms with Crippen molar-refractivity contribution >= 4 is 5.91 Å². The molecule has 2 aromatic rings. The van der Waals surface area contributed by atoms with Gasteiger partial charge in [-0.1, -0.05) is 18.2 Å². The summed E-state index contributed by atoms with van der Waals surface area (Å²) in [6, 6.07) is 10.0. The van der Waals surface area contributed by atoms with Crippen LogP contribution in [0.4, 0.5) is 0 Å². The average molecular weight is 325 g/mol. The van der Waals surface area contributed by atoms with Crippen molar-refractivity contribution in [1.82, 2.24) is 14.7 Å². The molecule has 1 amide bonds. The van der Waals surface area contributed by atoms with Crippen molar-refractivity contribution in [3.05, 3.63) is 48.3 Å². The second kappa shape index (κ2) is 6.30. The average Bonchev–Trinajstić information content (AvgIpc) is 3.26. The van der Waals surface area contributed by atoms with Crippen molar-refractivity contribution in [2.75, 3.05) is 13.1 Å². The molecule has 1 aromatic carbocycles. The Kier molecular flexibility index (Phi) is 4.00. The van der Waals surface area contributed by atoms with Gasteiger partial charge in [0, 0.05) is 25.2 Å². The first kappa shape index (κ1) is 15.2. The number of nitrogens with zero attached hydrogens (tertiary/aromatic N) is 3. The Hall–Kier alpha value is -2.30. The lowest BCUT2D eigenvalue weighted by Crippen LogP contribution is -2.34. The normalized spacial score (nSPS) is 25.7. The molecule has 0 bridgehead atoms. The number of ether oxygens (including phenoxy) is 1. The van der Waals surface area contributed by atoms with Gasteiger partial charge in [0.1, 0.15) is 18.4 Å². The van der Waals surface area contributed by atoms with Gasteiger partial charge in [0.15, 0.2) is 0 Å². The summed E-state index contributed by atoms with van der Waals surface area (Å²) in [7, 11) is 0. The van der Waals surface area contributed by atoms with Crippen LogP contribution in [0.15, 0.2) is 42.7 Å². The molecule has 5 heteroatoms. The fourth-order valence-corrected chi connectivity index (χ4v) is 4.03. The Labute approximate surface area is 142 Å². The van der Waals surface area contributed by atoms with Crippen LogP contribution in [0.1, 0.15) is 18.4 Å². The number of aromatic nitrogens is 2. The smallest absolute Gasteiger partial charge is 0.244 e. The highest BCUT2D eigenvalue weighted by Crippen LogP contribution is 2.40. The van der Waals surface area contributed by atoms with Gasteiger partial charge < -0.3 is 9.64 Å². The molecule has 2 heterocycles. The highest BCUT2D eigenvalue weighted by atomic mass is 16.5. The molecular formula is C19H23N3O2. The number of benzene rings is 1. The summed E-state index contributed by atoms with van der Waals surface area (Å²) < 4.78 is 7.91. The second-order valence-corrected chi connectivity index (χ2v) is 6.98. The summed E-state index contributed by atoms with van der Waals surface area (Å²) in [5.74, 6) is 2.11. The Morgan fingerprint density at radius 3 is 2.83 bits per heavy atom. The molecular weight excluding hydrogens is 302 g/mol. The van der Waals surface area contributed by atoms with Gasteiger partial charge in [-0.05, 0) is 43.4 Å². The molecule has 1 aliphatic heterocycles. The maximum Gasteiger partial charge on any atom is 0.244 e. The van der Waals surface area contributed by atoms with Crippen molar-refractivity contribution < 1.29 is 9.53 Å². The number of rotatable bonds is 4. The maximum atomic E-state index is 12.5. The Balaban J connectivity index is 1.37. The minimum Gasteiger partial charge on any atom is -0.490 e. The number of hydrogen-bond acceptors (Lipinski definition) is 3. The van der Waals surface area contributed by atoms with Crippen LogP contribution in [0.3, 0.4) is 0 Å². The van der Waals surface area contributed by atoms with Crippen LogP contribution in [0.25, 0.3) is 0 Å². The summed E-state index contributed by atoms with van der Waals surface area (Å²) in [6.07, 6.45) is 6.16. The molecule has 0 N–H and O–H groups in total.